The fourth-order valence-corrected chi connectivity index (χ4v) is 5.33. The van der Waals surface area contributed by atoms with Gasteiger partial charge in [-0.25, -0.2) is 4.68 Å². The van der Waals surface area contributed by atoms with Crippen LogP contribution in [-0.4, -0.2) is 192 Å². The Balaban J connectivity index is 2.76. The van der Waals surface area contributed by atoms with E-state index in [-0.39, 0.29) is 78.7 Å². The molecule has 10 N–H and O–H groups in total. The molecule has 0 aromatic carbocycles. The number of alkyl halides is 1. The number of aromatic nitrogens is 3. The number of rotatable bonds is 38. The van der Waals surface area contributed by atoms with Crippen LogP contribution < -0.4 is 31.9 Å². The van der Waals surface area contributed by atoms with Crippen molar-refractivity contribution in [3.8, 4) is 0 Å². The van der Waals surface area contributed by atoms with E-state index >= 15 is 0 Å². The Labute approximate surface area is 377 Å². The number of aliphatic carboxylic acids is 4. The number of hydrogen-bond acceptors (Lipinski definition) is 16. The molecule has 27 nitrogen and oxygen atoms in total. The number of nitrogens with zero attached hydrogens (tertiary/aromatic N) is 3. The lowest BCUT2D eigenvalue weighted by molar-refractivity contribution is -0.142. The quantitative estimate of drug-likeness (QED) is 0.0286. The fourth-order valence-electron chi connectivity index (χ4n) is 5.33. The van der Waals surface area contributed by atoms with Crippen LogP contribution >= 0.6 is 0 Å². The highest BCUT2D eigenvalue weighted by Gasteiger charge is 2.34. The summed E-state index contributed by atoms with van der Waals surface area (Å²) >= 11 is 0. The van der Waals surface area contributed by atoms with Gasteiger partial charge in [0.05, 0.1) is 91.0 Å². The summed E-state index contributed by atoms with van der Waals surface area (Å²) in [6, 6.07) is -6.79. The Bertz CT molecular complexity index is 1750. The molecule has 66 heavy (non-hydrogen) atoms. The molecule has 0 saturated heterocycles. The molecule has 1 aromatic heterocycles. The minimum absolute atomic E-state index is 0.0303. The van der Waals surface area contributed by atoms with Gasteiger partial charge in [0.15, 0.2) is 0 Å². The molecule has 0 aliphatic rings. The van der Waals surface area contributed by atoms with Crippen LogP contribution in [0.5, 0.6) is 0 Å². The first-order chi connectivity index (χ1) is 31.3. The van der Waals surface area contributed by atoms with Crippen LogP contribution in [0.25, 0.3) is 0 Å². The zero-order chi connectivity index (χ0) is 49.4. The van der Waals surface area contributed by atoms with Crippen LogP contribution in [0.2, 0.25) is 0 Å². The van der Waals surface area contributed by atoms with E-state index in [4.69, 9.17) is 24.1 Å². The molecule has 0 fully saturated rings. The molecule has 1 heterocycles. The van der Waals surface area contributed by atoms with Crippen molar-refractivity contribution in [3.63, 3.8) is 0 Å². The second-order valence-corrected chi connectivity index (χ2v) is 14.5. The first-order valence-corrected chi connectivity index (χ1v) is 20.7. The number of amides is 6. The van der Waals surface area contributed by atoms with Gasteiger partial charge in [-0.1, -0.05) is 19.1 Å². The van der Waals surface area contributed by atoms with Gasteiger partial charge in [-0.2, -0.15) is 0 Å². The van der Waals surface area contributed by atoms with Crippen molar-refractivity contribution < 1.29 is 91.7 Å². The van der Waals surface area contributed by atoms with Gasteiger partial charge in [-0.05, 0) is 25.2 Å². The third-order valence-electron chi connectivity index (χ3n) is 8.60. The summed E-state index contributed by atoms with van der Waals surface area (Å²) < 4.78 is 34.6. The SMILES string of the molecule is CC(C)[C@H](NC(=O)[C@H](CCC(=O)O)NC(=O)[C@H](CC(=O)O)NC(=O)Cn1cc(CCCF)nn1)C(=O)N[C@@H](CC(=O)O)C(=O)NCC(=O)NCCOCCOCCOCCOCCC(=O)O. The van der Waals surface area contributed by atoms with Crippen molar-refractivity contribution in [2.75, 3.05) is 72.6 Å². The van der Waals surface area contributed by atoms with Gasteiger partial charge in [-0.3, -0.25) is 52.3 Å². The molecule has 0 aliphatic carbocycles. The number of ether oxygens (including phenoxy) is 4. The first kappa shape index (κ1) is 57.6. The van der Waals surface area contributed by atoms with E-state index in [9.17, 15) is 67.7 Å². The normalized spacial score (nSPS) is 12.8. The highest BCUT2D eigenvalue weighted by Crippen LogP contribution is 2.08. The van der Waals surface area contributed by atoms with E-state index < -0.39 is 135 Å². The summed E-state index contributed by atoms with van der Waals surface area (Å²) in [7, 11) is 0. The monoisotopic (exact) mass is 949 g/mol. The van der Waals surface area contributed by atoms with Crippen LogP contribution in [0.15, 0.2) is 6.20 Å². The van der Waals surface area contributed by atoms with E-state index in [0.29, 0.717) is 5.69 Å². The maximum Gasteiger partial charge on any atom is 0.305 e. The van der Waals surface area contributed by atoms with Crippen molar-refractivity contribution in [2.45, 2.75) is 89.5 Å². The van der Waals surface area contributed by atoms with Crippen LogP contribution in [0.3, 0.4) is 0 Å². The van der Waals surface area contributed by atoms with Crippen LogP contribution in [0.4, 0.5) is 4.39 Å². The molecule has 1 rings (SSSR count). The molecular weight excluding hydrogens is 889 g/mol. The number of carbonyl (C=O) groups excluding carboxylic acids is 6. The number of carboxylic acids is 4. The van der Waals surface area contributed by atoms with Gasteiger partial charge in [0.25, 0.3) is 0 Å². The van der Waals surface area contributed by atoms with Crippen molar-refractivity contribution in [2.24, 2.45) is 5.92 Å². The lowest BCUT2D eigenvalue weighted by Crippen LogP contribution is -2.60. The number of carboxylic acid groups (broad SMARTS) is 4. The second-order valence-electron chi connectivity index (χ2n) is 14.5. The molecule has 0 bridgehead atoms. The van der Waals surface area contributed by atoms with Crippen LogP contribution in [0.1, 0.15) is 58.1 Å². The third-order valence-corrected chi connectivity index (χ3v) is 8.60. The Kier molecular flexibility index (Phi) is 28.9. The van der Waals surface area contributed by atoms with E-state index in [0.717, 1.165) is 4.68 Å². The topological polar surface area (TPSA) is 391 Å². The molecule has 0 spiro atoms. The maximum atomic E-state index is 13.5. The predicted molar refractivity (Wildman–Crippen MR) is 220 cm³/mol. The molecule has 4 atom stereocenters. The van der Waals surface area contributed by atoms with Gasteiger partial charge in [0.1, 0.15) is 30.7 Å². The lowest BCUT2D eigenvalue weighted by Gasteiger charge is -2.27. The standard InChI is InChI=1S/C38H60FN9O18/c1-23(2)34(45-36(60)25(5-6-30(51)52)43-37(61)27(19-33(57)58)42-29(50)22-48-21-24(46-47-48)4-3-8-39)38(62)44-26(18-32(55)56)35(59)41-20-28(49)40-9-11-64-13-15-66-17-16-65-14-12-63-10-7-31(53)54/h21,23,25-27,34H,3-20,22H2,1-2H3,(H,40,49)(H,41,59)(H,42,50)(H,43,61)(H,44,62)(H,45,60)(H,51,52)(H,53,54)(H,55,56)(H,57,58)/t25-,26-,27-,34-/m0/s1. The summed E-state index contributed by atoms with van der Waals surface area (Å²) in [5, 5.41) is 57.9. The molecular formula is C38H60FN9O18. The average molecular weight is 950 g/mol. The van der Waals surface area contributed by atoms with Gasteiger partial charge >= 0.3 is 23.9 Å². The average Bonchev–Trinajstić information content (AvgIpc) is 3.69. The van der Waals surface area contributed by atoms with Crippen molar-refractivity contribution >= 4 is 59.3 Å². The molecule has 372 valence electrons. The highest BCUT2D eigenvalue weighted by molar-refractivity contribution is 5.97. The zero-order valence-electron chi connectivity index (χ0n) is 36.6. The largest absolute Gasteiger partial charge is 0.481 e. The molecule has 28 heteroatoms. The van der Waals surface area contributed by atoms with Gasteiger partial charge in [0.2, 0.25) is 35.4 Å². The molecule has 6 amide bonds. The van der Waals surface area contributed by atoms with Crippen molar-refractivity contribution in [1.29, 1.82) is 0 Å². The number of hydrogen-bond donors (Lipinski definition) is 10. The second kappa shape index (κ2) is 33.1. The maximum absolute atomic E-state index is 13.5. The molecule has 0 unspecified atom stereocenters. The summed E-state index contributed by atoms with van der Waals surface area (Å²) in [5.41, 5.74) is 0.373. The number of carbonyl (C=O) groups is 10. The Hall–Kier alpha value is -6.39. The molecule has 0 aliphatic heterocycles. The molecule has 1 aromatic rings. The smallest absolute Gasteiger partial charge is 0.305 e. The van der Waals surface area contributed by atoms with E-state index in [1.54, 1.807) is 0 Å². The number of aryl methyl sites for hydroxylation is 1. The summed E-state index contributed by atoms with van der Waals surface area (Å²) in [6.07, 6.45) is -1.55. The lowest BCUT2D eigenvalue weighted by atomic mass is 10.0. The minimum atomic E-state index is -1.79. The Morgan fingerprint density at radius 1 is 0.621 bits per heavy atom. The highest BCUT2D eigenvalue weighted by atomic mass is 19.1. The van der Waals surface area contributed by atoms with E-state index in [1.165, 1.54) is 20.0 Å². The summed E-state index contributed by atoms with van der Waals surface area (Å²) in [4.78, 5) is 123. The first-order valence-electron chi connectivity index (χ1n) is 20.7. The Morgan fingerprint density at radius 2 is 1.15 bits per heavy atom. The number of nitrogens with one attached hydrogen (secondary N) is 6. The minimum Gasteiger partial charge on any atom is -0.481 e. The van der Waals surface area contributed by atoms with Gasteiger partial charge in [-0.15, -0.1) is 5.10 Å². The molecule has 0 radical (unpaired) electrons. The third kappa shape index (κ3) is 27.1. The summed E-state index contributed by atoms with van der Waals surface area (Å²) in [6.45, 7) is 2.82. The summed E-state index contributed by atoms with van der Waals surface area (Å²) in [5.74, 6) is -12.2. The van der Waals surface area contributed by atoms with Crippen molar-refractivity contribution in [3.05, 3.63) is 11.9 Å². The van der Waals surface area contributed by atoms with E-state index in [2.05, 4.69) is 42.2 Å². The van der Waals surface area contributed by atoms with Crippen molar-refractivity contribution in [1.82, 2.24) is 46.9 Å². The molecule has 0 saturated carbocycles. The van der Waals surface area contributed by atoms with Gasteiger partial charge in [0, 0.05) is 19.2 Å². The number of halogens is 1. The van der Waals surface area contributed by atoms with Gasteiger partial charge < -0.3 is 71.3 Å². The van der Waals surface area contributed by atoms with E-state index in [1.807, 2.05) is 0 Å². The fraction of sp³-hybridized carbons (Fsp3) is 0.684. The Morgan fingerprint density at radius 3 is 1.70 bits per heavy atom. The van der Waals surface area contributed by atoms with Crippen LogP contribution in [0, 0.1) is 5.92 Å². The van der Waals surface area contributed by atoms with Crippen LogP contribution in [-0.2, 0) is 79.9 Å². The predicted octanol–water partition coefficient (Wildman–Crippen LogP) is -3.64. The zero-order valence-corrected chi connectivity index (χ0v) is 36.6.